The van der Waals surface area contributed by atoms with Crippen molar-refractivity contribution in [3.8, 4) is 0 Å². The van der Waals surface area contributed by atoms with Crippen LogP contribution in [0.2, 0.25) is 0 Å². The van der Waals surface area contributed by atoms with Gasteiger partial charge in [0.1, 0.15) is 12.7 Å². The zero-order chi connectivity index (χ0) is 25.0. The van der Waals surface area contributed by atoms with Gasteiger partial charge >= 0.3 is 17.9 Å². The normalized spacial score (nSPS) is 20.1. The van der Waals surface area contributed by atoms with Crippen LogP contribution in [0.5, 0.6) is 0 Å². The molecule has 198 valence electrons. The molecule has 0 saturated carbocycles. The summed E-state index contributed by atoms with van der Waals surface area (Å²) in [5.74, 6) is -1.38. The van der Waals surface area contributed by atoms with Crippen LogP contribution in [0.1, 0.15) is 117 Å². The van der Waals surface area contributed by atoms with Crippen molar-refractivity contribution in [3.63, 3.8) is 0 Å². The minimum Gasteiger partial charge on any atom is -0.481 e. The summed E-state index contributed by atoms with van der Waals surface area (Å²) in [5, 5.41) is 8.61. The van der Waals surface area contributed by atoms with Crippen LogP contribution in [0, 0.1) is 0 Å². The van der Waals surface area contributed by atoms with Crippen LogP contribution in [-0.4, -0.2) is 54.7 Å². The molecule has 1 N–H and O–H groups in total. The maximum Gasteiger partial charge on any atom is 0.303 e. The number of rotatable bonds is 20. The molecule has 0 radical (unpaired) electrons. The Morgan fingerprint density at radius 2 is 1.29 bits per heavy atom. The van der Waals surface area contributed by atoms with Gasteiger partial charge in [-0.1, -0.05) is 70.6 Å². The first-order valence-electron chi connectivity index (χ1n) is 13.2. The zero-order valence-electron chi connectivity index (χ0n) is 21.3. The average Bonchev–Trinajstić information content (AvgIpc) is 2.76. The molecule has 1 aliphatic heterocycles. The van der Waals surface area contributed by atoms with E-state index in [1.54, 1.807) is 0 Å². The molecule has 0 aliphatic carbocycles. The Labute approximate surface area is 205 Å². The second-order valence-electron chi connectivity index (χ2n) is 9.30. The molecule has 0 aromatic carbocycles. The molecule has 1 fully saturated rings. The first kappa shape index (κ1) is 30.4. The lowest BCUT2D eigenvalue weighted by Gasteiger charge is -2.34. The highest BCUT2D eigenvalue weighted by atomic mass is 16.7. The predicted octanol–water partition coefficient (Wildman–Crippen LogP) is 5.55. The van der Waals surface area contributed by atoms with Gasteiger partial charge in [0.15, 0.2) is 6.29 Å². The molecular formula is C26H46O8. The SMILES string of the molecule is CC(=O)OCC1CC(OC(C)=O)CC(OCCCCCCCCCCCCCCCC(=O)O)O1. The third kappa shape index (κ3) is 17.8. The van der Waals surface area contributed by atoms with Crippen molar-refractivity contribution in [2.24, 2.45) is 0 Å². The fourth-order valence-electron chi connectivity index (χ4n) is 4.22. The molecule has 1 rings (SSSR count). The molecule has 8 heteroatoms. The second kappa shape index (κ2) is 19.6. The van der Waals surface area contributed by atoms with E-state index >= 15 is 0 Å². The molecule has 0 spiro atoms. The molecule has 0 amide bonds. The fourth-order valence-corrected chi connectivity index (χ4v) is 4.22. The van der Waals surface area contributed by atoms with Crippen molar-refractivity contribution in [2.75, 3.05) is 13.2 Å². The Hall–Kier alpha value is -1.67. The Kier molecular flexibility index (Phi) is 17.5. The van der Waals surface area contributed by atoms with Gasteiger partial charge in [-0.3, -0.25) is 14.4 Å². The Balaban J connectivity index is 1.98. The summed E-state index contributed by atoms with van der Waals surface area (Å²) in [5.41, 5.74) is 0. The number of ether oxygens (including phenoxy) is 4. The van der Waals surface area contributed by atoms with Gasteiger partial charge in [0, 0.05) is 39.7 Å². The largest absolute Gasteiger partial charge is 0.481 e. The van der Waals surface area contributed by atoms with Crippen LogP contribution in [0.3, 0.4) is 0 Å². The quantitative estimate of drug-likeness (QED) is 0.176. The topological polar surface area (TPSA) is 108 Å². The Morgan fingerprint density at radius 3 is 1.79 bits per heavy atom. The number of carboxylic acids is 1. The molecule has 34 heavy (non-hydrogen) atoms. The number of carboxylic acid groups (broad SMARTS) is 1. The highest BCUT2D eigenvalue weighted by Crippen LogP contribution is 2.24. The number of unbranched alkanes of at least 4 members (excludes halogenated alkanes) is 12. The minimum atomic E-state index is -0.689. The van der Waals surface area contributed by atoms with Crippen molar-refractivity contribution in [3.05, 3.63) is 0 Å². The van der Waals surface area contributed by atoms with E-state index in [1.165, 1.54) is 65.2 Å². The van der Waals surface area contributed by atoms with Crippen molar-refractivity contribution >= 4 is 17.9 Å². The van der Waals surface area contributed by atoms with Crippen LogP contribution in [0.25, 0.3) is 0 Å². The summed E-state index contributed by atoms with van der Waals surface area (Å²) in [7, 11) is 0. The molecular weight excluding hydrogens is 440 g/mol. The van der Waals surface area contributed by atoms with Gasteiger partial charge < -0.3 is 24.1 Å². The summed E-state index contributed by atoms with van der Waals surface area (Å²) >= 11 is 0. The summed E-state index contributed by atoms with van der Waals surface area (Å²) < 4.78 is 22.1. The second-order valence-corrected chi connectivity index (χ2v) is 9.30. The van der Waals surface area contributed by atoms with E-state index in [2.05, 4.69) is 0 Å². The predicted molar refractivity (Wildman–Crippen MR) is 128 cm³/mol. The van der Waals surface area contributed by atoms with Gasteiger partial charge in [0.2, 0.25) is 0 Å². The molecule has 3 atom stereocenters. The molecule has 0 aromatic rings. The van der Waals surface area contributed by atoms with Crippen LogP contribution in [-0.2, 0) is 33.3 Å². The first-order chi connectivity index (χ1) is 16.4. The van der Waals surface area contributed by atoms with Crippen LogP contribution < -0.4 is 0 Å². The summed E-state index contributed by atoms with van der Waals surface area (Å²) in [6, 6.07) is 0. The standard InChI is InChI=1S/C26H46O8/c1-21(27)32-20-24-18-23(33-22(2)28)19-26(34-24)31-17-15-13-11-9-7-5-3-4-6-8-10-12-14-16-25(29)30/h23-24,26H,3-20H2,1-2H3,(H,29,30). The van der Waals surface area contributed by atoms with E-state index < -0.39 is 12.3 Å². The van der Waals surface area contributed by atoms with Crippen LogP contribution in [0.15, 0.2) is 0 Å². The molecule has 1 saturated heterocycles. The maximum absolute atomic E-state index is 11.3. The number of hydrogen-bond acceptors (Lipinski definition) is 7. The van der Waals surface area contributed by atoms with Gasteiger partial charge in [0.05, 0.1) is 6.10 Å². The average molecular weight is 487 g/mol. The Morgan fingerprint density at radius 1 is 0.765 bits per heavy atom. The van der Waals surface area contributed by atoms with Gasteiger partial charge in [-0.25, -0.2) is 0 Å². The molecule has 0 bridgehead atoms. The molecule has 3 unspecified atom stereocenters. The lowest BCUT2D eigenvalue weighted by Crippen LogP contribution is -2.41. The number of esters is 2. The van der Waals surface area contributed by atoms with Crippen molar-refractivity contribution in [1.29, 1.82) is 0 Å². The zero-order valence-corrected chi connectivity index (χ0v) is 21.3. The number of aliphatic carboxylic acids is 1. The molecule has 8 nitrogen and oxygen atoms in total. The number of carbonyl (C=O) groups is 3. The van der Waals surface area contributed by atoms with Gasteiger partial charge in [-0.2, -0.15) is 0 Å². The van der Waals surface area contributed by atoms with E-state index in [9.17, 15) is 14.4 Å². The van der Waals surface area contributed by atoms with Crippen LogP contribution in [0.4, 0.5) is 0 Å². The maximum atomic E-state index is 11.3. The van der Waals surface area contributed by atoms with Gasteiger partial charge in [-0.05, 0) is 12.8 Å². The fraction of sp³-hybridized carbons (Fsp3) is 0.885. The summed E-state index contributed by atoms with van der Waals surface area (Å²) in [4.78, 5) is 32.8. The monoisotopic (exact) mass is 486 g/mol. The number of hydrogen-bond donors (Lipinski definition) is 1. The van der Waals surface area contributed by atoms with Crippen LogP contribution >= 0.6 is 0 Å². The van der Waals surface area contributed by atoms with E-state index in [0.29, 0.717) is 25.9 Å². The lowest BCUT2D eigenvalue weighted by molar-refractivity contribution is -0.229. The molecule has 1 aliphatic rings. The highest BCUT2D eigenvalue weighted by Gasteiger charge is 2.32. The van der Waals surface area contributed by atoms with E-state index in [0.717, 1.165) is 32.1 Å². The molecule has 0 aromatic heterocycles. The summed E-state index contributed by atoms with van der Waals surface area (Å²) in [6.45, 7) is 3.49. The van der Waals surface area contributed by atoms with Crippen molar-refractivity contribution in [1.82, 2.24) is 0 Å². The number of carbonyl (C=O) groups excluding carboxylic acids is 2. The van der Waals surface area contributed by atoms with Gasteiger partial charge in [-0.15, -0.1) is 0 Å². The third-order valence-corrected chi connectivity index (χ3v) is 5.97. The highest BCUT2D eigenvalue weighted by molar-refractivity contribution is 5.66. The van der Waals surface area contributed by atoms with Crippen molar-refractivity contribution in [2.45, 2.75) is 135 Å². The smallest absolute Gasteiger partial charge is 0.303 e. The summed E-state index contributed by atoms with van der Waals surface area (Å²) in [6.07, 6.45) is 15.4. The first-order valence-corrected chi connectivity index (χ1v) is 13.2. The van der Waals surface area contributed by atoms with E-state index in [-0.39, 0.29) is 30.8 Å². The Bertz CT molecular complexity index is 565. The van der Waals surface area contributed by atoms with E-state index in [4.69, 9.17) is 24.1 Å². The van der Waals surface area contributed by atoms with Crippen molar-refractivity contribution < 1.29 is 38.4 Å². The third-order valence-electron chi connectivity index (χ3n) is 5.97. The van der Waals surface area contributed by atoms with Gasteiger partial charge in [0.25, 0.3) is 0 Å². The lowest BCUT2D eigenvalue weighted by atomic mass is 10.0. The molecule has 1 heterocycles. The van der Waals surface area contributed by atoms with E-state index in [1.807, 2.05) is 0 Å². The minimum absolute atomic E-state index is 0.139.